The number of ether oxygens (including phenoxy) is 4. The van der Waals surface area contributed by atoms with Crippen molar-refractivity contribution in [3.05, 3.63) is 0 Å². The van der Waals surface area contributed by atoms with Crippen LogP contribution >= 0.6 is 0 Å². The predicted octanol–water partition coefficient (Wildman–Crippen LogP) is -10.2. The minimum absolute atomic E-state index is 0.0236. The average molecular weight is 1120 g/mol. The number of hydrogen-bond donors (Lipinski definition) is 18. The molecule has 2 aliphatic rings. The van der Waals surface area contributed by atoms with Gasteiger partial charge >= 0.3 is 11.9 Å². The number of nitrogens with two attached hydrogens (primary N) is 1. The van der Waals surface area contributed by atoms with Crippen molar-refractivity contribution in [2.45, 2.75) is 158 Å². The van der Waals surface area contributed by atoms with Crippen LogP contribution in [0.1, 0.15) is 66.7 Å². The van der Waals surface area contributed by atoms with Crippen LogP contribution in [0, 0.1) is 0 Å². The predicted molar refractivity (Wildman–Crippen MR) is 259 cm³/mol. The van der Waals surface area contributed by atoms with Gasteiger partial charge in [0, 0.05) is 26.8 Å². The molecule has 15 atom stereocenters. The number of aliphatic hydroxyl groups is 5. The van der Waals surface area contributed by atoms with Crippen LogP contribution < -0.4 is 58.9 Å². The van der Waals surface area contributed by atoms with E-state index in [0.29, 0.717) is 0 Å². The molecule has 0 aliphatic carbocycles. The largest absolute Gasteiger partial charge is 0.480 e. The first-order valence-corrected chi connectivity index (χ1v) is 24.5. The molecule has 19 N–H and O–H groups in total. The summed E-state index contributed by atoms with van der Waals surface area (Å²) in [6, 6.07) is -9.12. The van der Waals surface area contributed by atoms with Gasteiger partial charge in [0.05, 0.1) is 39.4 Å². The maximum Gasteiger partial charge on any atom is 0.326 e. The van der Waals surface area contributed by atoms with Gasteiger partial charge in [0.2, 0.25) is 59.1 Å². The van der Waals surface area contributed by atoms with Gasteiger partial charge in [-0.2, -0.15) is 0 Å². The van der Waals surface area contributed by atoms with Crippen molar-refractivity contribution in [1.29, 1.82) is 0 Å². The number of nitrogens with one attached hydrogen (secondary N) is 10. The number of carboxylic acids is 2. The molecule has 0 radical (unpaired) electrons. The minimum atomic E-state index is -1.92. The number of amides is 10. The Balaban J connectivity index is 2.07. The summed E-state index contributed by atoms with van der Waals surface area (Å²) in [6.45, 7) is 2.17. The van der Waals surface area contributed by atoms with E-state index in [4.69, 9.17) is 24.7 Å². The first-order chi connectivity index (χ1) is 36.6. The highest BCUT2D eigenvalue weighted by molar-refractivity contribution is 5.93. The van der Waals surface area contributed by atoms with Gasteiger partial charge in [-0.3, -0.25) is 52.7 Å². The van der Waals surface area contributed by atoms with Crippen LogP contribution in [-0.2, 0) is 76.5 Å². The van der Waals surface area contributed by atoms with Crippen LogP contribution in [-0.4, -0.2) is 244 Å². The van der Waals surface area contributed by atoms with Crippen molar-refractivity contribution in [3.63, 3.8) is 0 Å². The standard InChI is InChI=1S/C44H73N11O23/c1-18(50-39(68)20(3)75-37-33(53-22(5)59)43(74)76-26(17-57)36(37)78-44-32(52-21(4)58)35(66)34(65)25(16-56)77-44)38(67)55-24(42(72)73)9-10-27(60)54-23(40(69)51-19(2)41(70)71)8-6-7-11-46-29(62)13-48-31(64)15-49-30(63)14-47-28(61)12-45/h18-20,23-26,32-37,43-44,56-57,65-66,74H,6-17,45H2,1-5H3,(H,46,62)(H,47,61)(H,48,64)(H,49,63)(H,50,68)(H,51,69)(H,52,58)(H,53,59)(H,54,60)(H,55,67)(H,70,71)(H,72,73). The van der Waals surface area contributed by atoms with Crippen LogP contribution in [0.2, 0.25) is 0 Å². The Labute approximate surface area is 445 Å². The van der Waals surface area contributed by atoms with E-state index in [1.54, 1.807) is 0 Å². The van der Waals surface area contributed by atoms with E-state index in [1.807, 2.05) is 0 Å². The van der Waals surface area contributed by atoms with Crippen LogP contribution in [0.15, 0.2) is 0 Å². The molecule has 0 aromatic carbocycles. The molecule has 0 aromatic heterocycles. The second-order valence-electron chi connectivity index (χ2n) is 18.0. The fourth-order valence-electron chi connectivity index (χ4n) is 7.45. The van der Waals surface area contributed by atoms with Gasteiger partial charge in [-0.25, -0.2) is 4.79 Å². The lowest BCUT2D eigenvalue weighted by Crippen LogP contribution is -2.70. The zero-order valence-electron chi connectivity index (χ0n) is 43.4. The van der Waals surface area contributed by atoms with E-state index in [0.717, 1.165) is 27.7 Å². The molecular weight excluding hydrogens is 1050 g/mol. The molecule has 34 heteroatoms. The number of rotatable bonds is 32. The van der Waals surface area contributed by atoms with Gasteiger partial charge in [0.15, 0.2) is 12.6 Å². The topological polar surface area (TPSA) is 530 Å². The molecule has 2 rings (SSSR count). The number of unbranched alkanes of at least 4 members (excludes halogenated alkanes) is 1. The van der Waals surface area contributed by atoms with Crippen LogP contribution in [0.5, 0.6) is 0 Å². The fraction of sp³-hybridized carbons (Fsp3) is 0.727. The first-order valence-electron chi connectivity index (χ1n) is 24.5. The summed E-state index contributed by atoms with van der Waals surface area (Å²) in [5, 5.41) is 94.6. The number of carboxylic acid groups (broad SMARTS) is 2. The van der Waals surface area contributed by atoms with E-state index in [9.17, 15) is 93.3 Å². The zero-order chi connectivity index (χ0) is 59.0. The first kappa shape index (κ1) is 67.3. The molecule has 2 aliphatic heterocycles. The summed E-state index contributed by atoms with van der Waals surface area (Å²) < 4.78 is 23.1. The van der Waals surface area contributed by atoms with Crippen molar-refractivity contribution in [3.8, 4) is 0 Å². The van der Waals surface area contributed by atoms with E-state index in [1.165, 1.54) is 6.92 Å². The molecule has 0 aromatic rings. The summed E-state index contributed by atoms with van der Waals surface area (Å²) in [4.78, 5) is 148. The van der Waals surface area contributed by atoms with Crippen molar-refractivity contribution >= 4 is 71.0 Å². The van der Waals surface area contributed by atoms with Gasteiger partial charge in [-0.05, 0) is 46.5 Å². The lowest BCUT2D eigenvalue weighted by atomic mass is 9.94. The fourth-order valence-corrected chi connectivity index (χ4v) is 7.45. The molecule has 2 heterocycles. The Morgan fingerprint density at radius 1 is 0.564 bits per heavy atom. The third-order valence-corrected chi connectivity index (χ3v) is 11.7. The molecule has 442 valence electrons. The summed E-state index contributed by atoms with van der Waals surface area (Å²) in [5.41, 5.74) is 5.12. The van der Waals surface area contributed by atoms with Gasteiger partial charge in [-0.1, -0.05) is 0 Å². The second kappa shape index (κ2) is 33.5. The van der Waals surface area contributed by atoms with Crippen molar-refractivity contribution < 1.29 is 112 Å². The van der Waals surface area contributed by atoms with Gasteiger partial charge in [0.1, 0.15) is 79.0 Å². The Morgan fingerprint density at radius 2 is 1.12 bits per heavy atom. The van der Waals surface area contributed by atoms with Crippen LogP contribution in [0.3, 0.4) is 0 Å². The number of aliphatic hydroxyl groups excluding tert-OH is 5. The number of aliphatic carboxylic acids is 2. The van der Waals surface area contributed by atoms with E-state index >= 15 is 0 Å². The number of hydrogen-bond acceptors (Lipinski definition) is 22. The molecule has 15 unspecified atom stereocenters. The van der Waals surface area contributed by atoms with E-state index < -0.39 is 208 Å². The Hall–Kier alpha value is -6.76. The Kier molecular flexibility index (Phi) is 28.9. The second-order valence-corrected chi connectivity index (χ2v) is 18.0. The molecule has 0 saturated carbocycles. The summed E-state index contributed by atoms with van der Waals surface area (Å²) in [6.07, 6.45) is -16.0. The number of carbonyl (C=O) groups excluding carboxylic acids is 10. The van der Waals surface area contributed by atoms with Crippen molar-refractivity contribution in [2.75, 3.05) is 45.9 Å². The lowest BCUT2D eigenvalue weighted by molar-refractivity contribution is -0.333. The molecule has 34 nitrogen and oxygen atoms in total. The van der Waals surface area contributed by atoms with Crippen molar-refractivity contribution in [2.24, 2.45) is 5.73 Å². The zero-order valence-corrected chi connectivity index (χ0v) is 43.4. The van der Waals surface area contributed by atoms with Crippen molar-refractivity contribution in [1.82, 2.24) is 53.2 Å². The normalized spacial score (nSPS) is 24.7. The quantitative estimate of drug-likeness (QED) is 0.0278. The lowest BCUT2D eigenvalue weighted by Gasteiger charge is -2.48. The summed E-state index contributed by atoms with van der Waals surface area (Å²) >= 11 is 0. The molecule has 0 spiro atoms. The maximum atomic E-state index is 13.5. The van der Waals surface area contributed by atoms with Crippen LogP contribution in [0.25, 0.3) is 0 Å². The van der Waals surface area contributed by atoms with Gasteiger partial charge < -0.3 is 114 Å². The van der Waals surface area contributed by atoms with Crippen LogP contribution in [0.4, 0.5) is 0 Å². The third-order valence-electron chi connectivity index (χ3n) is 11.7. The highest BCUT2D eigenvalue weighted by Gasteiger charge is 2.53. The van der Waals surface area contributed by atoms with Gasteiger partial charge in [0.25, 0.3) is 0 Å². The SMILES string of the molecule is CC(=O)NC1C(OC2C(CO)OC(O)C(NC(C)=O)C2OC(C)C(=O)NC(C)C(=O)NC(CCC(=O)NC(CCCCNC(=O)CNC(=O)CNC(=O)CNC(=O)CN)C(=O)NC(C)C(=O)O)C(=O)O)OC(CO)C(O)C1O. The maximum absolute atomic E-state index is 13.5. The third kappa shape index (κ3) is 22.7. The molecule has 0 bridgehead atoms. The smallest absolute Gasteiger partial charge is 0.326 e. The minimum Gasteiger partial charge on any atom is -0.480 e. The monoisotopic (exact) mass is 1120 g/mol. The molecular formula is C44H73N11O23. The molecule has 10 amide bonds. The Morgan fingerprint density at radius 3 is 1.65 bits per heavy atom. The highest BCUT2D eigenvalue weighted by atomic mass is 16.7. The Bertz CT molecular complexity index is 2110. The highest BCUT2D eigenvalue weighted by Crippen LogP contribution is 2.31. The molecule has 2 saturated heterocycles. The summed E-state index contributed by atoms with van der Waals surface area (Å²) in [5.74, 6) is -11.0. The number of carbonyl (C=O) groups is 12. The molecule has 78 heavy (non-hydrogen) atoms. The summed E-state index contributed by atoms with van der Waals surface area (Å²) in [7, 11) is 0. The van der Waals surface area contributed by atoms with Gasteiger partial charge in [-0.15, -0.1) is 0 Å². The van der Waals surface area contributed by atoms with E-state index in [-0.39, 0.29) is 32.4 Å². The van der Waals surface area contributed by atoms with E-state index in [2.05, 4.69) is 53.2 Å². The molecule has 2 fully saturated rings. The average Bonchev–Trinajstić information content (AvgIpc) is 3.37.